The molecule has 1 aliphatic rings. The van der Waals surface area contributed by atoms with Gasteiger partial charge in [-0.05, 0) is 37.1 Å². The third kappa shape index (κ3) is 4.13. The standard InChI is InChI=1S/C16H24N2O5S/c1-12-11-18(9-7-16(12,20)8-10-23-2)15(19)13-3-5-14(6-4-13)24(17,21)22/h3-6,12,20H,7-11H2,1-2H3,(H2,17,21,22)/t12-,16-/m1/s1. The lowest BCUT2D eigenvalue weighted by molar-refractivity contribution is -0.0750. The minimum absolute atomic E-state index is 0.0278. The van der Waals surface area contributed by atoms with Gasteiger partial charge in [0.2, 0.25) is 10.0 Å². The normalized spacial score (nSPS) is 24.8. The Balaban J connectivity index is 2.07. The number of piperidine rings is 1. The molecule has 1 fully saturated rings. The van der Waals surface area contributed by atoms with Gasteiger partial charge in [0, 0.05) is 38.3 Å². The number of sulfonamides is 1. The summed E-state index contributed by atoms with van der Waals surface area (Å²) >= 11 is 0. The predicted octanol–water partition coefficient (Wildman–Crippen LogP) is 0.584. The molecule has 0 saturated carbocycles. The zero-order valence-electron chi connectivity index (χ0n) is 13.9. The zero-order valence-corrected chi connectivity index (χ0v) is 14.8. The van der Waals surface area contributed by atoms with Crippen LogP contribution < -0.4 is 5.14 Å². The number of nitrogens with two attached hydrogens (primary N) is 1. The number of amides is 1. The number of primary sulfonamides is 1. The van der Waals surface area contributed by atoms with Crippen LogP contribution in [0.25, 0.3) is 0 Å². The molecule has 0 aromatic heterocycles. The first kappa shape index (κ1) is 18.9. The van der Waals surface area contributed by atoms with Gasteiger partial charge in [-0.25, -0.2) is 13.6 Å². The molecule has 7 nitrogen and oxygen atoms in total. The minimum atomic E-state index is -3.77. The number of nitrogens with zero attached hydrogens (tertiary/aromatic N) is 1. The fourth-order valence-corrected chi connectivity index (χ4v) is 3.49. The first-order valence-electron chi connectivity index (χ1n) is 7.81. The Labute approximate surface area is 142 Å². The molecule has 2 rings (SSSR count). The van der Waals surface area contributed by atoms with Crippen molar-refractivity contribution in [2.45, 2.75) is 30.3 Å². The highest BCUT2D eigenvalue weighted by atomic mass is 32.2. The second-order valence-electron chi connectivity index (χ2n) is 6.32. The van der Waals surface area contributed by atoms with Gasteiger partial charge in [0.1, 0.15) is 0 Å². The van der Waals surface area contributed by atoms with Gasteiger partial charge in [-0.3, -0.25) is 4.79 Å². The molecule has 24 heavy (non-hydrogen) atoms. The van der Waals surface area contributed by atoms with Crippen LogP contribution in [0, 0.1) is 5.92 Å². The van der Waals surface area contributed by atoms with Crippen molar-refractivity contribution < 1.29 is 23.1 Å². The monoisotopic (exact) mass is 356 g/mol. The topological polar surface area (TPSA) is 110 Å². The molecule has 1 aliphatic heterocycles. The second-order valence-corrected chi connectivity index (χ2v) is 7.88. The van der Waals surface area contributed by atoms with E-state index in [1.165, 1.54) is 24.3 Å². The Bertz CT molecular complexity index is 689. The number of hydrogen-bond donors (Lipinski definition) is 2. The summed E-state index contributed by atoms with van der Waals surface area (Å²) in [7, 11) is -2.18. The number of carbonyl (C=O) groups is 1. The van der Waals surface area contributed by atoms with E-state index in [0.29, 0.717) is 38.1 Å². The van der Waals surface area contributed by atoms with E-state index in [4.69, 9.17) is 9.88 Å². The summed E-state index contributed by atoms with van der Waals surface area (Å²) in [5, 5.41) is 15.7. The summed E-state index contributed by atoms with van der Waals surface area (Å²) < 4.78 is 27.6. The van der Waals surface area contributed by atoms with Crippen LogP contribution in [0.1, 0.15) is 30.1 Å². The van der Waals surface area contributed by atoms with Gasteiger partial charge >= 0.3 is 0 Å². The van der Waals surface area contributed by atoms with Crippen LogP contribution in [-0.4, -0.2) is 56.7 Å². The van der Waals surface area contributed by atoms with Gasteiger partial charge in [-0.15, -0.1) is 0 Å². The lowest BCUT2D eigenvalue weighted by Gasteiger charge is -2.43. The largest absolute Gasteiger partial charge is 0.389 e. The Hall–Kier alpha value is -1.48. The number of likely N-dealkylation sites (tertiary alicyclic amines) is 1. The second kappa shape index (κ2) is 7.18. The van der Waals surface area contributed by atoms with Crippen LogP contribution >= 0.6 is 0 Å². The van der Waals surface area contributed by atoms with E-state index in [2.05, 4.69) is 0 Å². The molecule has 0 aliphatic carbocycles. The average molecular weight is 356 g/mol. The van der Waals surface area contributed by atoms with E-state index in [1.54, 1.807) is 12.0 Å². The summed E-state index contributed by atoms with van der Waals surface area (Å²) in [6.45, 7) is 3.28. The SMILES string of the molecule is COCC[C@]1(O)CCN(C(=O)c2ccc(S(N)(=O)=O)cc2)C[C@H]1C. The van der Waals surface area contributed by atoms with Gasteiger partial charge in [0.25, 0.3) is 5.91 Å². The predicted molar refractivity (Wildman–Crippen MR) is 88.9 cm³/mol. The van der Waals surface area contributed by atoms with E-state index in [0.717, 1.165) is 0 Å². The van der Waals surface area contributed by atoms with E-state index in [1.807, 2.05) is 6.92 Å². The van der Waals surface area contributed by atoms with Crippen molar-refractivity contribution in [3.63, 3.8) is 0 Å². The van der Waals surface area contributed by atoms with Crippen LogP contribution in [0.3, 0.4) is 0 Å². The van der Waals surface area contributed by atoms with Crippen molar-refractivity contribution in [1.29, 1.82) is 0 Å². The van der Waals surface area contributed by atoms with Crippen molar-refractivity contribution >= 4 is 15.9 Å². The highest BCUT2D eigenvalue weighted by Crippen LogP contribution is 2.31. The van der Waals surface area contributed by atoms with E-state index < -0.39 is 15.6 Å². The van der Waals surface area contributed by atoms with Crippen molar-refractivity contribution in [3.8, 4) is 0 Å². The smallest absolute Gasteiger partial charge is 0.253 e. The number of hydrogen-bond acceptors (Lipinski definition) is 5. The van der Waals surface area contributed by atoms with Crippen LogP contribution in [0.15, 0.2) is 29.2 Å². The Morgan fingerprint density at radius 1 is 1.42 bits per heavy atom. The molecule has 134 valence electrons. The molecule has 1 aromatic carbocycles. The number of methoxy groups -OCH3 is 1. The Morgan fingerprint density at radius 3 is 2.54 bits per heavy atom. The molecular weight excluding hydrogens is 332 g/mol. The molecule has 1 amide bonds. The molecule has 1 saturated heterocycles. The highest BCUT2D eigenvalue weighted by Gasteiger charge is 2.39. The molecule has 0 unspecified atom stereocenters. The third-order valence-corrected chi connectivity index (χ3v) is 5.61. The fourth-order valence-electron chi connectivity index (χ4n) is 2.97. The summed E-state index contributed by atoms with van der Waals surface area (Å²) in [6.07, 6.45) is 1.02. The van der Waals surface area contributed by atoms with Crippen LogP contribution in [-0.2, 0) is 14.8 Å². The first-order chi connectivity index (χ1) is 11.2. The Kier molecular flexibility index (Phi) is 5.64. The first-order valence-corrected chi connectivity index (χ1v) is 9.35. The summed E-state index contributed by atoms with van der Waals surface area (Å²) in [6, 6.07) is 5.56. The van der Waals surface area contributed by atoms with Crippen molar-refractivity contribution in [2.24, 2.45) is 11.1 Å². The van der Waals surface area contributed by atoms with Gasteiger partial charge in [0.05, 0.1) is 10.5 Å². The van der Waals surface area contributed by atoms with Crippen LogP contribution in [0.4, 0.5) is 0 Å². The fraction of sp³-hybridized carbons (Fsp3) is 0.562. The van der Waals surface area contributed by atoms with Crippen LogP contribution in [0.2, 0.25) is 0 Å². The van der Waals surface area contributed by atoms with Crippen molar-refractivity contribution in [1.82, 2.24) is 4.90 Å². The lowest BCUT2D eigenvalue weighted by Crippen LogP contribution is -2.52. The molecular formula is C16H24N2O5S. The molecule has 0 spiro atoms. The maximum Gasteiger partial charge on any atom is 0.253 e. The molecule has 0 bridgehead atoms. The molecule has 1 aromatic rings. The Morgan fingerprint density at radius 2 is 2.04 bits per heavy atom. The van der Waals surface area contributed by atoms with Crippen molar-refractivity contribution in [2.75, 3.05) is 26.8 Å². The number of aliphatic hydroxyl groups is 1. The van der Waals surface area contributed by atoms with E-state index in [9.17, 15) is 18.3 Å². The third-order valence-electron chi connectivity index (χ3n) is 4.68. The van der Waals surface area contributed by atoms with Crippen LogP contribution in [0.5, 0.6) is 0 Å². The molecule has 8 heteroatoms. The maximum atomic E-state index is 12.6. The average Bonchev–Trinajstić information content (AvgIpc) is 2.54. The molecule has 3 N–H and O–H groups in total. The number of carbonyl (C=O) groups excluding carboxylic acids is 1. The van der Waals surface area contributed by atoms with Gasteiger partial charge in [-0.2, -0.15) is 0 Å². The van der Waals surface area contributed by atoms with Gasteiger partial charge in [-0.1, -0.05) is 6.92 Å². The van der Waals surface area contributed by atoms with Gasteiger partial charge in [0.15, 0.2) is 0 Å². The summed E-state index contributed by atoms with van der Waals surface area (Å²) in [4.78, 5) is 14.2. The maximum absolute atomic E-state index is 12.6. The molecule has 1 heterocycles. The van der Waals surface area contributed by atoms with Crippen molar-refractivity contribution in [3.05, 3.63) is 29.8 Å². The lowest BCUT2D eigenvalue weighted by atomic mass is 9.79. The quantitative estimate of drug-likeness (QED) is 0.802. The molecule has 2 atom stereocenters. The number of ether oxygens (including phenoxy) is 1. The van der Waals surface area contributed by atoms with E-state index in [-0.39, 0.29) is 16.7 Å². The summed E-state index contributed by atoms with van der Waals surface area (Å²) in [5.74, 6) is -0.259. The number of rotatable bonds is 5. The summed E-state index contributed by atoms with van der Waals surface area (Å²) in [5.41, 5.74) is -0.429. The zero-order chi connectivity index (χ0) is 18.0. The highest BCUT2D eigenvalue weighted by molar-refractivity contribution is 7.89. The molecule has 0 radical (unpaired) electrons. The van der Waals surface area contributed by atoms with Gasteiger partial charge < -0.3 is 14.7 Å². The van der Waals surface area contributed by atoms with E-state index >= 15 is 0 Å². The minimum Gasteiger partial charge on any atom is -0.389 e. The number of benzene rings is 1.